The fraction of sp³-hybridized carbons (Fsp3) is 0.750. The van der Waals surface area contributed by atoms with E-state index >= 15 is 0 Å². The number of nitrogens with zero attached hydrogens (tertiary/aromatic N) is 2. The number of ether oxygens (including phenoxy) is 3. The number of methoxy groups -OCH3 is 1. The Labute approximate surface area is 207 Å². The number of carbonyl (C=O) groups is 2. The molecule has 0 unspecified atom stereocenters. The van der Waals surface area contributed by atoms with Crippen LogP contribution >= 0.6 is 0 Å². The molecule has 1 aromatic heterocycles. The lowest BCUT2D eigenvalue weighted by atomic mass is 9.91. The molecule has 2 aliphatic rings. The maximum absolute atomic E-state index is 11.9. The number of aromatic nitrogens is 2. The molecule has 0 radical (unpaired) electrons. The number of hydrogen-bond acceptors (Lipinski definition) is 9. The van der Waals surface area contributed by atoms with Gasteiger partial charge in [0.05, 0.1) is 19.3 Å². The van der Waals surface area contributed by atoms with Gasteiger partial charge in [0.25, 0.3) is 6.47 Å². The number of carbonyl (C=O) groups excluding carboxylic acids is 1. The zero-order valence-corrected chi connectivity index (χ0v) is 21.2. The summed E-state index contributed by atoms with van der Waals surface area (Å²) < 4.78 is 16.5. The van der Waals surface area contributed by atoms with Gasteiger partial charge in [-0.15, -0.1) is 0 Å². The summed E-state index contributed by atoms with van der Waals surface area (Å²) in [5, 5.41) is 16.8. The Bertz CT molecular complexity index is 744. The van der Waals surface area contributed by atoms with Crippen molar-refractivity contribution in [3.8, 4) is 0 Å². The summed E-state index contributed by atoms with van der Waals surface area (Å²) in [6.07, 6.45) is 8.74. The van der Waals surface area contributed by atoms with Crippen molar-refractivity contribution in [1.82, 2.24) is 20.6 Å². The predicted octanol–water partition coefficient (Wildman–Crippen LogP) is 2.88. The van der Waals surface area contributed by atoms with Crippen molar-refractivity contribution in [2.75, 3.05) is 25.6 Å². The monoisotopic (exact) mass is 495 g/mol. The Morgan fingerprint density at radius 1 is 1.20 bits per heavy atom. The summed E-state index contributed by atoms with van der Waals surface area (Å²) in [5.41, 5.74) is 0.907. The first-order valence-electron chi connectivity index (χ1n) is 12.4. The van der Waals surface area contributed by atoms with Crippen molar-refractivity contribution >= 4 is 18.5 Å². The fourth-order valence-electron chi connectivity index (χ4n) is 4.27. The van der Waals surface area contributed by atoms with E-state index in [2.05, 4.69) is 32.8 Å². The molecular formula is C24H41N5O6. The van der Waals surface area contributed by atoms with Crippen LogP contribution in [0.25, 0.3) is 0 Å². The molecule has 4 atom stereocenters. The normalized spacial score (nSPS) is 25.5. The third-order valence-electron chi connectivity index (χ3n) is 6.25. The van der Waals surface area contributed by atoms with Gasteiger partial charge in [-0.2, -0.15) is 0 Å². The highest BCUT2D eigenvalue weighted by Gasteiger charge is 2.30. The maximum Gasteiger partial charge on any atom is 0.407 e. The minimum atomic E-state index is -0.387. The van der Waals surface area contributed by atoms with Gasteiger partial charge in [0.2, 0.25) is 5.95 Å². The van der Waals surface area contributed by atoms with Crippen LogP contribution in [0.4, 0.5) is 10.7 Å². The highest BCUT2D eigenvalue weighted by atomic mass is 16.6. The first kappa shape index (κ1) is 28.7. The highest BCUT2D eigenvalue weighted by Crippen LogP contribution is 2.30. The second kappa shape index (κ2) is 15.5. The number of alkyl carbamates (subject to hydrolysis) is 1. The molecule has 198 valence electrons. The Kier molecular flexibility index (Phi) is 12.7. The Balaban J connectivity index is 0.00000137. The smallest absolute Gasteiger partial charge is 0.407 e. The van der Waals surface area contributed by atoms with Gasteiger partial charge in [0.15, 0.2) is 0 Å². The van der Waals surface area contributed by atoms with E-state index < -0.39 is 0 Å². The van der Waals surface area contributed by atoms with Crippen molar-refractivity contribution in [3.63, 3.8) is 0 Å². The first-order valence-corrected chi connectivity index (χ1v) is 12.4. The summed E-state index contributed by atoms with van der Waals surface area (Å²) in [6.45, 7) is 7.01. The van der Waals surface area contributed by atoms with Crippen molar-refractivity contribution in [3.05, 3.63) is 18.0 Å². The van der Waals surface area contributed by atoms with Crippen molar-refractivity contribution < 1.29 is 28.9 Å². The minimum absolute atomic E-state index is 0.0968. The third kappa shape index (κ3) is 10.3. The maximum atomic E-state index is 11.9. The van der Waals surface area contributed by atoms with Crippen LogP contribution in [0.5, 0.6) is 0 Å². The van der Waals surface area contributed by atoms with Crippen LogP contribution in [0.1, 0.15) is 71.0 Å². The van der Waals surface area contributed by atoms with Crippen LogP contribution in [0.15, 0.2) is 12.4 Å². The molecule has 0 bridgehead atoms. The van der Waals surface area contributed by atoms with Gasteiger partial charge in [0.1, 0.15) is 6.10 Å². The van der Waals surface area contributed by atoms with Gasteiger partial charge in [-0.3, -0.25) is 4.79 Å². The van der Waals surface area contributed by atoms with Crippen LogP contribution in [-0.4, -0.2) is 78.2 Å². The van der Waals surface area contributed by atoms with E-state index in [9.17, 15) is 4.79 Å². The number of rotatable bonds is 10. The molecule has 11 heteroatoms. The van der Waals surface area contributed by atoms with Crippen LogP contribution in [0, 0.1) is 0 Å². The van der Waals surface area contributed by atoms with Crippen LogP contribution in [-0.2, 0) is 19.0 Å². The van der Waals surface area contributed by atoms with Crippen molar-refractivity contribution in [2.24, 2.45) is 0 Å². The Hall–Kier alpha value is -2.50. The molecule has 1 amide bonds. The van der Waals surface area contributed by atoms with Gasteiger partial charge in [-0.25, -0.2) is 14.8 Å². The van der Waals surface area contributed by atoms with E-state index in [0.717, 1.165) is 44.3 Å². The number of carboxylic acid groups (broad SMARTS) is 1. The molecule has 0 aromatic carbocycles. The SMILES string of the molecule is CC[C@H](C)NC(=O)O[C@H]1CO[C@H](c2cnc(NC3CCC(N[C@H](C)COC)CC3)nc2)C1.O=CO. The second-order valence-corrected chi connectivity index (χ2v) is 9.20. The molecular weight excluding hydrogens is 454 g/mol. The lowest BCUT2D eigenvalue weighted by Gasteiger charge is -2.31. The largest absolute Gasteiger partial charge is 0.483 e. The minimum Gasteiger partial charge on any atom is -0.483 e. The molecule has 3 rings (SSSR count). The summed E-state index contributed by atoms with van der Waals surface area (Å²) in [6, 6.07) is 1.41. The molecule has 1 aliphatic heterocycles. The molecule has 1 aliphatic carbocycles. The number of amides is 1. The molecule has 4 N–H and O–H groups in total. The average molecular weight is 496 g/mol. The molecule has 1 aromatic rings. The zero-order chi connectivity index (χ0) is 25.6. The molecule has 2 heterocycles. The standard InChI is InChI=1S/C23H39N5O4.CH2O2/c1-5-15(2)27-23(29)32-20-10-21(31-14-20)17-11-24-22(25-12-17)28-19-8-6-18(7-9-19)26-16(3)13-30-4;2-1-3/h11-12,15-16,18-21,26H,5-10,13-14H2,1-4H3,(H,27,29)(H,24,25,28);1H,(H,2,3)/t15-,16+,18?,19?,20+,21-;/m0./s1. The van der Waals surface area contributed by atoms with E-state index in [1.54, 1.807) is 19.5 Å². The fourth-order valence-corrected chi connectivity index (χ4v) is 4.27. The molecule has 11 nitrogen and oxygen atoms in total. The van der Waals surface area contributed by atoms with Gasteiger partial charge in [-0.05, 0) is 46.0 Å². The van der Waals surface area contributed by atoms with E-state index in [1.807, 2.05) is 13.8 Å². The van der Waals surface area contributed by atoms with Crippen LogP contribution in [0.3, 0.4) is 0 Å². The van der Waals surface area contributed by atoms with Crippen LogP contribution < -0.4 is 16.0 Å². The first-order chi connectivity index (χ1) is 16.9. The quantitative estimate of drug-likeness (QED) is 0.358. The summed E-state index contributed by atoms with van der Waals surface area (Å²) in [5.74, 6) is 0.650. The van der Waals surface area contributed by atoms with E-state index in [0.29, 0.717) is 37.1 Å². The summed E-state index contributed by atoms with van der Waals surface area (Å²) >= 11 is 0. The van der Waals surface area contributed by atoms with Crippen molar-refractivity contribution in [1.29, 1.82) is 0 Å². The lowest BCUT2D eigenvalue weighted by molar-refractivity contribution is -0.122. The summed E-state index contributed by atoms with van der Waals surface area (Å²) in [7, 11) is 1.74. The van der Waals surface area contributed by atoms with Gasteiger partial charge < -0.3 is 35.3 Å². The van der Waals surface area contributed by atoms with E-state index in [-0.39, 0.29) is 30.8 Å². The average Bonchev–Trinajstić information content (AvgIpc) is 3.29. The molecule has 35 heavy (non-hydrogen) atoms. The predicted molar refractivity (Wildman–Crippen MR) is 131 cm³/mol. The van der Waals surface area contributed by atoms with Crippen LogP contribution in [0.2, 0.25) is 0 Å². The topological polar surface area (TPSA) is 144 Å². The Morgan fingerprint density at radius 2 is 1.83 bits per heavy atom. The van der Waals surface area contributed by atoms with Gasteiger partial charge in [-0.1, -0.05) is 6.92 Å². The van der Waals surface area contributed by atoms with Gasteiger partial charge >= 0.3 is 6.09 Å². The van der Waals surface area contributed by atoms with E-state index in [4.69, 9.17) is 24.1 Å². The number of anilines is 1. The molecule has 0 spiro atoms. The molecule has 2 fully saturated rings. The van der Waals surface area contributed by atoms with Crippen molar-refractivity contribution in [2.45, 2.75) is 95.7 Å². The lowest BCUT2D eigenvalue weighted by Crippen LogP contribution is -2.43. The number of hydrogen-bond donors (Lipinski definition) is 4. The molecule has 1 saturated carbocycles. The zero-order valence-electron chi connectivity index (χ0n) is 21.2. The van der Waals surface area contributed by atoms with E-state index in [1.165, 1.54) is 0 Å². The third-order valence-corrected chi connectivity index (χ3v) is 6.25. The Morgan fingerprint density at radius 3 is 2.43 bits per heavy atom. The number of nitrogens with one attached hydrogen (secondary N) is 3. The second-order valence-electron chi connectivity index (χ2n) is 9.20. The molecule has 1 saturated heterocycles. The summed E-state index contributed by atoms with van der Waals surface area (Å²) in [4.78, 5) is 29.3. The highest BCUT2D eigenvalue weighted by molar-refractivity contribution is 5.67. The van der Waals surface area contributed by atoms with Gasteiger partial charge in [0, 0.05) is 55.7 Å².